The van der Waals surface area contributed by atoms with E-state index < -0.39 is 0 Å². The van der Waals surface area contributed by atoms with Gasteiger partial charge in [0.1, 0.15) is 5.82 Å². The van der Waals surface area contributed by atoms with Crippen molar-refractivity contribution in [1.82, 2.24) is 15.0 Å². The molecule has 4 heteroatoms. The number of aromatic nitrogens is 3. The van der Waals surface area contributed by atoms with Gasteiger partial charge in [0.25, 0.3) is 0 Å². The van der Waals surface area contributed by atoms with Crippen LogP contribution in [0, 0.1) is 5.92 Å². The fraction of sp³-hybridized carbons (Fsp3) is 0.500. The molecule has 2 aromatic heterocycles. The summed E-state index contributed by atoms with van der Waals surface area (Å²) in [4.78, 5) is 14.0. The van der Waals surface area contributed by atoms with Crippen molar-refractivity contribution in [3.63, 3.8) is 0 Å². The lowest BCUT2D eigenvalue weighted by Crippen LogP contribution is -2.19. The Hall–Kier alpha value is -1.97. The Morgan fingerprint density at radius 2 is 2.05 bits per heavy atom. The molecule has 2 heterocycles. The molecule has 0 aliphatic heterocycles. The summed E-state index contributed by atoms with van der Waals surface area (Å²) in [6.07, 6.45) is 7.80. The molecule has 0 fully saturated rings. The number of hydrogen-bond acceptors (Lipinski definition) is 4. The van der Waals surface area contributed by atoms with Gasteiger partial charge < -0.3 is 5.32 Å². The maximum atomic E-state index is 4.77. The van der Waals surface area contributed by atoms with E-state index >= 15 is 0 Å². The Balaban J connectivity index is 1.94. The number of pyridine rings is 1. The van der Waals surface area contributed by atoms with Crippen LogP contribution in [-0.4, -0.2) is 15.0 Å². The average Bonchev–Trinajstić information content (AvgIpc) is 2.92. The molecule has 0 radical (unpaired) electrons. The summed E-state index contributed by atoms with van der Waals surface area (Å²) in [5.41, 5.74) is 4.62. The summed E-state index contributed by atoms with van der Waals surface area (Å²) in [7, 11) is 0. The third-order valence-corrected chi connectivity index (χ3v) is 4.59. The third-order valence-electron chi connectivity index (χ3n) is 4.59. The van der Waals surface area contributed by atoms with Crippen LogP contribution in [0.3, 0.4) is 0 Å². The highest BCUT2D eigenvalue weighted by Crippen LogP contribution is 2.38. The zero-order chi connectivity index (χ0) is 15.5. The normalized spacial score (nSPS) is 20.0. The van der Waals surface area contributed by atoms with Gasteiger partial charge in [0, 0.05) is 12.4 Å². The van der Waals surface area contributed by atoms with Gasteiger partial charge in [-0.1, -0.05) is 33.3 Å². The summed E-state index contributed by atoms with van der Waals surface area (Å²) < 4.78 is 0. The highest BCUT2D eigenvalue weighted by Gasteiger charge is 2.33. The molecule has 2 aromatic rings. The number of nitrogens with zero attached hydrogens (tertiary/aromatic N) is 3. The molecule has 1 aliphatic rings. The van der Waals surface area contributed by atoms with Crippen molar-refractivity contribution >= 4 is 5.82 Å². The number of anilines is 1. The molecular formula is C18H24N4. The fourth-order valence-corrected chi connectivity index (χ4v) is 3.24. The smallest absolute Gasteiger partial charge is 0.148 e. The Morgan fingerprint density at radius 1 is 1.18 bits per heavy atom. The van der Waals surface area contributed by atoms with Crippen molar-refractivity contribution in [3.05, 3.63) is 47.2 Å². The first-order valence-corrected chi connectivity index (χ1v) is 8.31. The van der Waals surface area contributed by atoms with Crippen LogP contribution in [0.2, 0.25) is 0 Å². The van der Waals surface area contributed by atoms with Crippen molar-refractivity contribution < 1.29 is 0 Å². The summed E-state index contributed by atoms with van der Waals surface area (Å²) in [5.74, 6) is 1.51. The zero-order valence-electron chi connectivity index (χ0n) is 13.6. The minimum absolute atomic E-state index is 0.243. The number of aryl methyl sites for hydroxylation is 2. The van der Waals surface area contributed by atoms with Crippen LogP contribution in [0.1, 0.15) is 55.9 Å². The molecule has 1 N–H and O–H groups in total. The second-order valence-electron chi connectivity index (χ2n) is 5.91. The Morgan fingerprint density at radius 3 is 2.77 bits per heavy atom. The van der Waals surface area contributed by atoms with Gasteiger partial charge in [-0.25, -0.2) is 4.98 Å². The van der Waals surface area contributed by atoms with Crippen LogP contribution in [-0.2, 0) is 19.3 Å². The van der Waals surface area contributed by atoms with E-state index in [-0.39, 0.29) is 6.04 Å². The second-order valence-corrected chi connectivity index (χ2v) is 5.91. The minimum atomic E-state index is 0.243. The second kappa shape index (κ2) is 6.42. The Bertz CT molecular complexity index is 653. The van der Waals surface area contributed by atoms with Gasteiger partial charge in [-0.3, -0.25) is 9.97 Å². The van der Waals surface area contributed by atoms with E-state index in [0.29, 0.717) is 5.92 Å². The molecule has 22 heavy (non-hydrogen) atoms. The predicted molar refractivity (Wildman–Crippen MR) is 88.9 cm³/mol. The van der Waals surface area contributed by atoms with Gasteiger partial charge >= 0.3 is 0 Å². The van der Waals surface area contributed by atoms with E-state index in [4.69, 9.17) is 4.98 Å². The number of nitrogens with one attached hydrogen (secondary N) is 1. The lowest BCUT2D eigenvalue weighted by molar-refractivity contribution is 0.470. The summed E-state index contributed by atoms with van der Waals surface area (Å²) in [5, 5.41) is 3.66. The van der Waals surface area contributed by atoms with E-state index in [1.807, 2.05) is 18.5 Å². The van der Waals surface area contributed by atoms with Crippen molar-refractivity contribution in [2.24, 2.45) is 5.92 Å². The maximum absolute atomic E-state index is 4.77. The van der Waals surface area contributed by atoms with Crippen LogP contribution in [0.4, 0.5) is 5.82 Å². The number of fused-ring (bicyclic) bond motifs is 1. The van der Waals surface area contributed by atoms with Crippen molar-refractivity contribution in [2.45, 2.75) is 52.5 Å². The Kier molecular flexibility index (Phi) is 4.36. The van der Waals surface area contributed by atoms with Crippen LogP contribution >= 0.6 is 0 Å². The van der Waals surface area contributed by atoms with Crippen LogP contribution in [0.15, 0.2) is 24.5 Å². The van der Waals surface area contributed by atoms with Gasteiger partial charge in [-0.15, -0.1) is 0 Å². The lowest BCUT2D eigenvalue weighted by Gasteiger charge is -2.22. The first-order chi connectivity index (χ1) is 10.8. The molecular weight excluding hydrogens is 272 g/mol. The number of hydrogen-bond donors (Lipinski definition) is 1. The van der Waals surface area contributed by atoms with Crippen LogP contribution < -0.4 is 5.32 Å². The highest BCUT2D eigenvalue weighted by atomic mass is 15.1. The molecule has 0 spiro atoms. The third kappa shape index (κ3) is 2.70. The van der Waals surface area contributed by atoms with Crippen molar-refractivity contribution in [1.29, 1.82) is 0 Å². The van der Waals surface area contributed by atoms with Crippen LogP contribution in [0.5, 0.6) is 0 Å². The molecule has 0 aromatic carbocycles. The largest absolute Gasteiger partial charge is 0.360 e. The van der Waals surface area contributed by atoms with E-state index in [1.165, 1.54) is 11.3 Å². The highest BCUT2D eigenvalue weighted by molar-refractivity contribution is 5.45. The first kappa shape index (κ1) is 14.9. The molecule has 0 amide bonds. The van der Waals surface area contributed by atoms with E-state index in [9.17, 15) is 0 Å². The van der Waals surface area contributed by atoms with Crippen molar-refractivity contribution in [2.75, 3.05) is 5.32 Å². The van der Waals surface area contributed by atoms with Gasteiger partial charge in [0.15, 0.2) is 0 Å². The molecule has 116 valence electrons. The van der Waals surface area contributed by atoms with Gasteiger partial charge in [-0.2, -0.15) is 0 Å². The molecule has 0 unspecified atom stereocenters. The quantitative estimate of drug-likeness (QED) is 0.913. The molecule has 0 bridgehead atoms. The predicted octanol–water partition coefficient (Wildman–Crippen LogP) is 3.73. The molecule has 0 saturated carbocycles. The van der Waals surface area contributed by atoms with Crippen molar-refractivity contribution in [3.8, 4) is 0 Å². The molecule has 4 nitrogen and oxygen atoms in total. The zero-order valence-corrected chi connectivity index (χ0v) is 13.6. The summed E-state index contributed by atoms with van der Waals surface area (Å²) in [6.45, 7) is 6.49. The van der Waals surface area contributed by atoms with Gasteiger partial charge in [0.05, 0.1) is 23.1 Å². The SMILES string of the molecule is CCc1cnc(CC)c(N[C@@H]2c3ncccc3C[C@H]2CC)n1. The average molecular weight is 296 g/mol. The minimum Gasteiger partial charge on any atom is -0.360 e. The van der Waals surface area contributed by atoms with E-state index in [1.54, 1.807) is 0 Å². The summed E-state index contributed by atoms with van der Waals surface area (Å²) in [6, 6.07) is 4.47. The molecule has 0 saturated heterocycles. The topological polar surface area (TPSA) is 50.7 Å². The monoisotopic (exact) mass is 296 g/mol. The van der Waals surface area contributed by atoms with Gasteiger partial charge in [0.2, 0.25) is 0 Å². The van der Waals surface area contributed by atoms with E-state index in [0.717, 1.165) is 42.9 Å². The molecule has 3 rings (SSSR count). The van der Waals surface area contributed by atoms with Crippen LogP contribution in [0.25, 0.3) is 0 Å². The first-order valence-electron chi connectivity index (χ1n) is 8.31. The lowest BCUT2D eigenvalue weighted by atomic mass is 9.99. The molecule has 1 aliphatic carbocycles. The molecule has 2 atom stereocenters. The maximum Gasteiger partial charge on any atom is 0.148 e. The standard InChI is InChI=1S/C18H24N4/c1-4-12-10-13-8-7-9-19-16(13)17(12)22-18-15(6-3)20-11-14(5-2)21-18/h7-9,11-12,17H,4-6,10H2,1-3H3,(H,21,22)/t12-,17+/m1/s1. The van der Waals surface area contributed by atoms with E-state index in [2.05, 4.69) is 42.1 Å². The van der Waals surface area contributed by atoms with Gasteiger partial charge in [-0.05, 0) is 36.8 Å². The summed E-state index contributed by atoms with van der Waals surface area (Å²) >= 11 is 0. The fourth-order valence-electron chi connectivity index (χ4n) is 3.24. The Labute approximate surface area is 132 Å². The number of rotatable bonds is 5.